The van der Waals surface area contributed by atoms with E-state index in [4.69, 9.17) is 12.1 Å². The third-order valence-corrected chi connectivity index (χ3v) is 5.97. The number of rotatable bonds is 9. The Labute approximate surface area is 187 Å². The lowest BCUT2D eigenvalue weighted by Crippen LogP contribution is -2.26. The number of carbonyl (C=O) groups is 1. The largest absolute Gasteiger partial charge is 0.457 e. The highest BCUT2D eigenvalue weighted by Crippen LogP contribution is 2.31. The van der Waals surface area contributed by atoms with E-state index in [1.54, 1.807) is 6.66 Å². The highest BCUT2D eigenvalue weighted by Gasteiger charge is 2.27. The Kier molecular flexibility index (Phi) is 8.46. The molecule has 158 valence electrons. The van der Waals surface area contributed by atoms with Crippen molar-refractivity contribution in [3.63, 3.8) is 0 Å². The molecule has 0 saturated heterocycles. The molecule has 3 nitrogen and oxygen atoms in total. The van der Waals surface area contributed by atoms with Crippen molar-refractivity contribution >= 4 is 21.6 Å². The van der Waals surface area contributed by atoms with Gasteiger partial charge in [-0.25, -0.2) is 0 Å². The zero-order valence-electron chi connectivity index (χ0n) is 18.1. The van der Waals surface area contributed by atoms with Crippen LogP contribution in [-0.4, -0.2) is 25.3 Å². The van der Waals surface area contributed by atoms with E-state index in [1.807, 2.05) is 54.6 Å². The molecule has 31 heavy (non-hydrogen) atoms. The summed E-state index contributed by atoms with van der Waals surface area (Å²) in [6.07, 6.45) is 1.42. The molecule has 5 heteroatoms. The summed E-state index contributed by atoms with van der Waals surface area (Å²) in [6.45, 7) is 3.89. The first kappa shape index (κ1) is 23.3. The Hall–Kier alpha value is -2.42. The van der Waals surface area contributed by atoms with E-state index in [-0.39, 0.29) is 24.4 Å². The van der Waals surface area contributed by atoms with Crippen LogP contribution in [0.4, 0.5) is 0 Å². The Balaban J connectivity index is 1.72. The summed E-state index contributed by atoms with van der Waals surface area (Å²) in [5.41, 5.74) is 5.44. The van der Waals surface area contributed by atoms with Gasteiger partial charge in [0, 0.05) is 8.03 Å². The first-order chi connectivity index (χ1) is 15.0. The van der Waals surface area contributed by atoms with Gasteiger partial charge in [-0.3, -0.25) is 4.79 Å². The van der Waals surface area contributed by atoms with E-state index in [2.05, 4.69) is 31.2 Å². The molecule has 0 bridgehead atoms. The van der Waals surface area contributed by atoms with Gasteiger partial charge in [0.15, 0.2) is 7.57 Å². The maximum absolute atomic E-state index is 12.8. The predicted octanol–water partition coefficient (Wildman–Crippen LogP) is 5.54. The highest BCUT2D eigenvalue weighted by atomic mass is 31.1. The molecule has 0 saturated carbocycles. The van der Waals surface area contributed by atoms with Crippen molar-refractivity contribution in [2.45, 2.75) is 26.4 Å². The van der Waals surface area contributed by atoms with Gasteiger partial charge in [-0.15, -0.1) is 0 Å². The SMILES string of the molecule is [B]P(C)OC(=O)[C@@H](Cc1ccccc1)[C@@H](C)Cc1ccc(-c2ccc(CO)cc2)cc1. The normalized spacial score (nSPS) is 13.9. The van der Waals surface area contributed by atoms with E-state index in [1.165, 1.54) is 5.56 Å². The van der Waals surface area contributed by atoms with Crippen LogP contribution in [0, 0.1) is 11.8 Å². The molecule has 0 aliphatic heterocycles. The molecule has 0 aromatic heterocycles. The van der Waals surface area contributed by atoms with Crippen LogP contribution in [0.15, 0.2) is 78.9 Å². The van der Waals surface area contributed by atoms with Crippen LogP contribution < -0.4 is 0 Å². The Morgan fingerprint density at radius 1 is 0.871 bits per heavy atom. The van der Waals surface area contributed by atoms with Crippen LogP contribution in [0.25, 0.3) is 11.1 Å². The molecule has 3 rings (SSSR count). The third kappa shape index (κ3) is 6.79. The van der Waals surface area contributed by atoms with Crippen molar-refractivity contribution in [2.75, 3.05) is 6.66 Å². The molecule has 1 unspecified atom stereocenters. The van der Waals surface area contributed by atoms with E-state index in [0.717, 1.165) is 28.7 Å². The molecule has 0 aliphatic carbocycles. The Morgan fingerprint density at radius 3 is 1.90 bits per heavy atom. The molecule has 2 radical (unpaired) electrons. The molecule has 3 aromatic rings. The highest BCUT2D eigenvalue weighted by molar-refractivity contribution is 7.77. The van der Waals surface area contributed by atoms with Crippen LogP contribution in [0.3, 0.4) is 0 Å². The minimum atomic E-state index is -1.23. The van der Waals surface area contributed by atoms with E-state index >= 15 is 0 Å². The molecule has 0 amide bonds. The van der Waals surface area contributed by atoms with Crippen LogP contribution >= 0.6 is 8.03 Å². The van der Waals surface area contributed by atoms with Crippen LogP contribution in [0.1, 0.15) is 23.6 Å². The van der Waals surface area contributed by atoms with Crippen molar-refractivity contribution in [2.24, 2.45) is 11.8 Å². The fraction of sp³-hybridized carbons (Fsp3) is 0.269. The second-order valence-corrected chi connectivity index (χ2v) is 9.26. The quantitative estimate of drug-likeness (QED) is 0.358. The van der Waals surface area contributed by atoms with Gasteiger partial charge >= 0.3 is 5.97 Å². The van der Waals surface area contributed by atoms with E-state index < -0.39 is 8.03 Å². The van der Waals surface area contributed by atoms with E-state index in [0.29, 0.717) is 6.42 Å². The van der Waals surface area contributed by atoms with Gasteiger partial charge < -0.3 is 9.63 Å². The number of hydrogen-bond donors (Lipinski definition) is 1. The van der Waals surface area contributed by atoms with Gasteiger partial charge in [0.2, 0.25) is 0 Å². The van der Waals surface area contributed by atoms with Gasteiger partial charge in [-0.2, -0.15) is 0 Å². The fourth-order valence-corrected chi connectivity index (χ4v) is 4.16. The van der Waals surface area contributed by atoms with Gasteiger partial charge in [-0.05, 0) is 53.2 Å². The zero-order chi connectivity index (χ0) is 22.2. The fourth-order valence-electron chi connectivity index (χ4n) is 3.74. The van der Waals surface area contributed by atoms with Crippen molar-refractivity contribution in [1.82, 2.24) is 0 Å². The second-order valence-electron chi connectivity index (χ2n) is 7.99. The number of aliphatic hydroxyl groups is 1. The minimum absolute atomic E-state index is 0.0494. The van der Waals surface area contributed by atoms with Gasteiger partial charge in [0.05, 0.1) is 12.5 Å². The number of hydrogen-bond acceptors (Lipinski definition) is 3. The molecule has 3 atom stereocenters. The minimum Gasteiger partial charge on any atom is -0.457 e. The predicted molar refractivity (Wildman–Crippen MR) is 129 cm³/mol. The average Bonchev–Trinajstić information content (AvgIpc) is 2.78. The average molecular weight is 430 g/mol. The lowest BCUT2D eigenvalue weighted by molar-refractivity contribution is -0.139. The van der Waals surface area contributed by atoms with Crippen LogP contribution in [0.5, 0.6) is 0 Å². The smallest absolute Gasteiger partial charge is 0.311 e. The lowest BCUT2D eigenvalue weighted by atomic mass is 9.84. The number of benzene rings is 3. The van der Waals surface area contributed by atoms with Crippen molar-refractivity contribution < 1.29 is 14.4 Å². The molecule has 1 N–H and O–H groups in total. The number of aliphatic hydroxyl groups excluding tert-OH is 1. The summed E-state index contributed by atoms with van der Waals surface area (Å²) in [5, 5.41) is 9.21. The Morgan fingerprint density at radius 2 is 1.39 bits per heavy atom. The lowest BCUT2D eigenvalue weighted by Gasteiger charge is -2.24. The third-order valence-electron chi connectivity index (χ3n) is 5.50. The van der Waals surface area contributed by atoms with Gasteiger partial charge in [-0.1, -0.05) is 85.8 Å². The Bertz CT molecular complexity index is 956. The molecule has 0 heterocycles. The summed E-state index contributed by atoms with van der Waals surface area (Å²) in [4.78, 5) is 12.8. The summed E-state index contributed by atoms with van der Waals surface area (Å²) in [6, 6.07) is 26.4. The van der Waals surface area contributed by atoms with Gasteiger partial charge in [0.1, 0.15) is 0 Å². The van der Waals surface area contributed by atoms with Crippen LogP contribution in [0.2, 0.25) is 0 Å². The topological polar surface area (TPSA) is 46.5 Å². The molecular formula is C26H28BO3P. The van der Waals surface area contributed by atoms with Crippen LogP contribution in [-0.2, 0) is 28.8 Å². The monoisotopic (exact) mass is 430 g/mol. The molecule has 3 aromatic carbocycles. The van der Waals surface area contributed by atoms with E-state index in [9.17, 15) is 9.90 Å². The first-order valence-electron chi connectivity index (χ1n) is 10.5. The maximum Gasteiger partial charge on any atom is 0.311 e. The van der Waals surface area contributed by atoms with Crippen molar-refractivity contribution in [3.8, 4) is 11.1 Å². The van der Waals surface area contributed by atoms with Gasteiger partial charge in [0.25, 0.3) is 0 Å². The molecule has 0 aliphatic rings. The van der Waals surface area contributed by atoms with Crippen molar-refractivity contribution in [1.29, 1.82) is 0 Å². The second kappa shape index (κ2) is 11.3. The maximum atomic E-state index is 12.8. The summed E-state index contributed by atoms with van der Waals surface area (Å²) in [5.74, 6) is -0.355. The standard InChI is InChI=1S/C26H28BO3P/c1-19(25(26(29)30-31(2)27)17-20-6-4-3-5-7-20)16-21-8-12-23(13-9-21)24-14-10-22(18-28)11-15-24/h3-15,19,25,28H,16-18H2,1-2H3/t19-,25-,31?/m0/s1. The van der Waals surface area contributed by atoms with Crippen molar-refractivity contribution in [3.05, 3.63) is 95.6 Å². The molecular weight excluding hydrogens is 402 g/mol. The molecule has 0 fully saturated rings. The number of carbonyl (C=O) groups excluding carboxylic acids is 1. The first-order valence-corrected chi connectivity index (χ1v) is 12.3. The summed E-state index contributed by atoms with van der Waals surface area (Å²) in [7, 11) is 4.55. The zero-order valence-corrected chi connectivity index (χ0v) is 19.0. The summed E-state index contributed by atoms with van der Waals surface area (Å²) >= 11 is 0. The molecule has 0 spiro atoms. The summed E-state index contributed by atoms with van der Waals surface area (Å²) < 4.78 is 5.43.